The van der Waals surface area contributed by atoms with Crippen molar-refractivity contribution in [1.82, 2.24) is 9.55 Å². The fourth-order valence-electron chi connectivity index (χ4n) is 4.31. The van der Waals surface area contributed by atoms with Crippen LogP contribution in [0.5, 0.6) is 17.2 Å². The standard InChI is InChI=1S/C28H21F3N2O4/c1-35-21-11-10-17(14-23(21)36-2)20-15-33(27-19(20)8-5-13-32-27)28(34)24-18-7-4-3-6-16(18)9-12-22(24)37-26(31)25(29)30/h3-15,25-26H,1-2H3. The molecule has 3 aromatic carbocycles. The van der Waals surface area contributed by atoms with Gasteiger partial charge in [0, 0.05) is 23.3 Å². The lowest BCUT2D eigenvalue weighted by atomic mass is 10.0. The molecule has 5 rings (SSSR count). The van der Waals surface area contributed by atoms with Gasteiger partial charge >= 0.3 is 6.43 Å². The molecule has 0 fully saturated rings. The van der Waals surface area contributed by atoms with Gasteiger partial charge in [-0.05, 0) is 46.7 Å². The predicted octanol–water partition coefficient (Wildman–Crippen LogP) is 6.50. The number of carbonyl (C=O) groups excluding carboxylic acids is 1. The van der Waals surface area contributed by atoms with Crippen LogP contribution in [0, 0.1) is 0 Å². The molecule has 0 radical (unpaired) electrons. The van der Waals surface area contributed by atoms with Gasteiger partial charge in [-0.25, -0.2) is 13.8 Å². The van der Waals surface area contributed by atoms with Gasteiger partial charge in [0.2, 0.25) is 0 Å². The normalized spacial score (nSPS) is 12.2. The van der Waals surface area contributed by atoms with Crippen molar-refractivity contribution in [3.8, 4) is 28.4 Å². The molecular weight excluding hydrogens is 485 g/mol. The van der Waals surface area contributed by atoms with Gasteiger partial charge in [-0.3, -0.25) is 9.36 Å². The highest BCUT2D eigenvalue weighted by Crippen LogP contribution is 2.37. The lowest BCUT2D eigenvalue weighted by Gasteiger charge is -2.16. The maximum absolute atomic E-state index is 14.0. The van der Waals surface area contributed by atoms with Crippen molar-refractivity contribution in [1.29, 1.82) is 0 Å². The van der Waals surface area contributed by atoms with Crippen LogP contribution in [0.25, 0.3) is 32.9 Å². The molecule has 0 bridgehead atoms. The summed E-state index contributed by atoms with van der Waals surface area (Å²) in [6, 6.07) is 18.7. The maximum Gasteiger partial charge on any atom is 0.304 e. The largest absolute Gasteiger partial charge is 0.493 e. The predicted molar refractivity (Wildman–Crippen MR) is 133 cm³/mol. The van der Waals surface area contributed by atoms with Crippen LogP contribution in [0.3, 0.4) is 0 Å². The zero-order chi connectivity index (χ0) is 26.1. The third kappa shape index (κ3) is 4.33. The Morgan fingerprint density at radius 2 is 1.59 bits per heavy atom. The van der Waals surface area contributed by atoms with E-state index in [4.69, 9.17) is 14.2 Å². The van der Waals surface area contributed by atoms with E-state index in [1.54, 1.807) is 60.9 Å². The molecule has 1 atom stereocenters. The summed E-state index contributed by atoms with van der Waals surface area (Å²) in [4.78, 5) is 18.4. The molecule has 0 N–H and O–H groups in total. The van der Waals surface area contributed by atoms with E-state index in [9.17, 15) is 18.0 Å². The van der Waals surface area contributed by atoms with Crippen LogP contribution in [-0.4, -0.2) is 42.5 Å². The minimum atomic E-state index is -3.37. The maximum atomic E-state index is 14.0. The summed E-state index contributed by atoms with van der Waals surface area (Å²) in [6.07, 6.45) is -3.12. The summed E-state index contributed by atoms with van der Waals surface area (Å²) in [5.74, 6) is 0.147. The summed E-state index contributed by atoms with van der Waals surface area (Å²) >= 11 is 0. The average Bonchev–Trinajstić information content (AvgIpc) is 3.32. The van der Waals surface area contributed by atoms with Crippen molar-refractivity contribution in [3.05, 3.63) is 84.7 Å². The third-order valence-electron chi connectivity index (χ3n) is 6.02. The Hall–Kier alpha value is -4.53. The number of hydrogen-bond acceptors (Lipinski definition) is 5. The number of fused-ring (bicyclic) bond motifs is 2. The highest BCUT2D eigenvalue weighted by atomic mass is 19.3. The van der Waals surface area contributed by atoms with Crippen LogP contribution in [0.15, 0.2) is 79.1 Å². The van der Waals surface area contributed by atoms with Crippen molar-refractivity contribution in [2.45, 2.75) is 12.8 Å². The van der Waals surface area contributed by atoms with E-state index in [0.29, 0.717) is 38.9 Å². The Kier molecular flexibility index (Phi) is 6.43. The number of aromatic nitrogens is 2. The Morgan fingerprint density at radius 3 is 2.35 bits per heavy atom. The number of pyridine rings is 1. The number of benzene rings is 3. The van der Waals surface area contributed by atoms with Gasteiger partial charge in [-0.1, -0.05) is 36.4 Å². The van der Waals surface area contributed by atoms with E-state index in [-0.39, 0.29) is 11.3 Å². The average molecular weight is 506 g/mol. The molecule has 2 aromatic heterocycles. The first-order valence-corrected chi connectivity index (χ1v) is 11.3. The van der Waals surface area contributed by atoms with Crippen LogP contribution in [0.1, 0.15) is 10.4 Å². The second kappa shape index (κ2) is 9.85. The molecule has 1 unspecified atom stereocenters. The lowest BCUT2D eigenvalue weighted by molar-refractivity contribution is -0.0670. The molecule has 5 aromatic rings. The number of methoxy groups -OCH3 is 2. The summed E-state index contributed by atoms with van der Waals surface area (Å²) < 4.78 is 56.9. The van der Waals surface area contributed by atoms with Gasteiger partial charge in [-0.15, -0.1) is 0 Å². The second-order valence-electron chi connectivity index (χ2n) is 8.13. The highest BCUT2D eigenvalue weighted by Gasteiger charge is 2.27. The fraction of sp³-hybridized carbons (Fsp3) is 0.143. The highest BCUT2D eigenvalue weighted by molar-refractivity contribution is 6.14. The van der Waals surface area contributed by atoms with Gasteiger partial charge in [0.1, 0.15) is 11.4 Å². The summed E-state index contributed by atoms with van der Waals surface area (Å²) in [5, 5.41) is 1.76. The Labute approximate surface area is 209 Å². The van der Waals surface area contributed by atoms with Crippen LogP contribution in [0.4, 0.5) is 13.2 Å². The molecule has 0 aliphatic carbocycles. The Morgan fingerprint density at radius 1 is 0.865 bits per heavy atom. The molecule has 2 heterocycles. The lowest BCUT2D eigenvalue weighted by Crippen LogP contribution is -2.22. The minimum absolute atomic E-state index is 0.0529. The van der Waals surface area contributed by atoms with Crippen molar-refractivity contribution in [2.75, 3.05) is 14.2 Å². The molecule has 0 aliphatic rings. The molecule has 6 nitrogen and oxygen atoms in total. The molecule has 188 valence electrons. The molecule has 37 heavy (non-hydrogen) atoms. The monoisotopic (exact) mass is 506 g/mol. The molecule has 0 amide bonds. The summed E-state index contributed by atoms with van der Waals surface area (Å²) in [5.41, 5.74) is 1.69. The zero-order valence-electron chi connectivity index (χ0n) is 19.8. The number of carbonyl (C=O) groups is 1. The van der Waals surface area contributed by atoms with Crippen LogP contribution >= 0.6 is 0 Å². The van der Waals surface area contributed by atoms with E-state index in [1.165, 1.54) is 24.9 Å². The van der Waals surface area contributed by atoms with Crippen LogP contribution in [0.2, 0.25) is 0 Å². The van der Waals surface area contributed by atoms with E-state index < -0.39 is 18.7 Å². The van der Waals surface area contributed by atoms with Gasteiger partial charge < -0.3 is 14.2 Å². The van der Waals surface area contributed by atoms with Gasteiger partial charge in [0.15, 0.2) is 11.5 Å². The number of ether oxygens (including phenoxy) is 3. The molecule has 0 aliphatic heterocycles. The molecular formula is C28H21F3N2O4. The fourth-order valence-corrected chi connectivity index (χ4v) is 4.31. The van der Waals surface area contributed by atoms with Crippen LogP contribution < -0.4 is 14.2 Å². The number of rotatable bonds is 7. The summed E-state index contributed by atoms with van der Waals surface area (Å²) in [6.45, 7) is 0. The number of hydrogen-bond donors (Lipinski definition) is 0. The quantitative estimate of drug-likeness (QED) is 0.252. The number of nitrogens with zero attached hydrogens (tertiary/aromatic N) is 2. The van der Waals surface area contributed by atoms with Crippen molar-refractivity contribution in [3.63, 3.8) is 0 Å². The first-order valence-electron chi connectivity index (χ1n) is 11.3. The van der Waals surface area contributed by atoms with Crippen LogP contribution in [-0.2, 0) is 0 Å². The molecule has 0 saturated heterocycles. The van der Waals surface area contributed by atoms with E-state index >= 15 is 0 Å². The first kappa shape index (κ1) is 24.2. The minimum Gasteiger partial charge on any atom is -0.493 e. The third-order valence-corrected chi connectivity index (χ3v) is 6.02. The van der Waals surface area contributed by atoms with Crippen molar-refractivity contribution < 1.29 is 32.2 Å². The second-order valence-corrected chi connectivity index (χ2v) is 8.13. The van der Waals surface area contributed by atoms with E-state index in [0.717, 1.165) is 5.56 Å². The van der Waals surface area contributed by atoms with Crippen molar-refractivity contribution >= 4 is 27.7 Å². The molecule has 0 spiro atoms. The van der Waals surface area contributed by atoms with Gasteiger partial charge in [-0.2, -0.15) is 4.39 Å². The van der Waals surface area contributed by atoms with E-state index in [1.807, 2.05) is 12.1 Å². The smallest absolute Gasteiger partial charge is 0.304 e. The topological polar surface area (TPSA) is 62.6 Å². The van der Waals surface area contributed by atoms with Gasteiger partial charge in [0.05, 0.1) is 19.8 Å². The van der Waals surface area contributed by atoms with E-state index in [2.05, 4.69) is 4.98 Å². The molecule has 9 heteroatoms. The van der Waals surface area contributed by atoms with Gasteiger partial charge in [0.25, 0.3) is 12.3 Å². The Balaban J connectivity index is 1.71. The number of halogens is 3. The SMILES string of the molecule is COc1ccc(-c2cn(C(=O)c3c(OC(F)C(F)F)ccc4ccccc34)c3ncccc23)cc1OC. The zero-order valence-corrected chi connectivity index (χ0v) is 19.8. The number of alkyl halides is 3. The Bertz CT molecular complexity index is 1620. The molecule has 0 saturated carbocycles. The first-order chi connectivity index (χ1) is 17.9. The van der Waals surface area contributed by atoms with Crippen molar-refractivity contribution in [2.24, 2.45) is 0 Å². The summed E-state index contributed by atoms with van der Waals surface area (Å²) in [7, 11) is 3.06.